The van der Waals surface area contributed by atoms with Gasteiger partial charge >= 0.3 is 5.97 Å². The molecule has 3 nitrogen and oxygen atoms in total. The number of hydrogen-bond donors (Lipinski definition) is 1. The Morgan fingerprint density at radius 3 is 2.16 bits per heavy atom. The van der Waals surface area contributed by atoms with Crippen LogP contribution in [0.25, 0.3) is 11.1 Å². The van der Waals surface area contributed by atoms with Crippen LogP contribution in [-0.4, -0.2) is 19.1 Å². The van der Waals surface area contributed by atoms with Crippen LogP contribution < -0.4 is 5.32 Å². The molecule has 0 radical (unpaired) electrons. The maximum absolute atomic E-state index is 11.3. The van der Waals surface area contributed by atoms with Crippen molar-refractivity contribution in [1.29, 1.82) is 0 Å². The summed E-state index contributed by atoms with van der Waals surface area (Å²) in [5.41, 5.74) is 3.23. The Bertz CT molecular complexity index is 534. The topological polar surface area (TPSA) is 38.3 Å². The van der Waals surface area contributed by atoms with Gasteiger partial charge in [-0.3, -0.25) is 0 Å². The minimum atomic E-state index is -0.354. The molecule has 1 N–H and O–H groups in total. The van der Waals surface area contributed by atoms with Gasteiger partial charge in [0.1, 0.15) is 6.04 Å². The summed E-state index contributed by atoms with van der Waals surface area (Å²) in [7, 11) is 1.39. The van der Waals surface area contributed by atoms with E-state index in [0.29, 0.717) is 0 Å². The lowest BCUT2D eigenvalue weighted by atomic mass is 10.1. The smallest absolute Gasteiger partial charge is 0.327 e. The van der Waals surface area contributed by atoms with E-state index in [1.165, 1.54) is 12.7 Å². The van der Waals surface area contributed by atoms with Gasteiger partial charge in [-0.15, -0.1) is 0 Å². The van der Waals surface area contributed by atoms with Crippen molar-refractivity contribution < 1.29 is 9.53 Å². The molecule has 1 atom stereocenters. The normalized spacial score (nSPS) is 11.7. The Morgan fingerprint density at radius 1 is 1.00 bits per heavy atom. The van der Waals surface area contributed by atoms with Gasteiger partial charge in [-0.05, 0) is 30.2 Å². The molecular formula is C16H17NO2. The maximum atomic E-state index is 11.3. The fraction of sp³-hybridized carbons (Fsp3) is 0.188. The number of esters is 1. The number of anilines is 1. The molecular weight excluding hydrogens is 238 g/mol. The number of nitrogens with one attached hydrogen (secondary N) is 1. The van der Waals surface area contributed by atoms with Crippen molar-refractivity contribution in [3.05, 3.63) is 54.6 Å². The average molecular weight is 255 g/mol. The van der Waals surface area contributed by atoms with Crippen molar-refractivity contribution in [3.8, 4) is 11.1 Å². The molecule has 19 heavy (non-hydrogen) atoms. The molecule has 0 fully saturated rings. The standard InChI is InChI=1S/C16H17NO2/c1-12(16(18)19-2)17-15-10-8-14(9-11-15)13-6-4-3-5-7-13/h3-12,17H,1-2H3/t12-/m1/s1. The first-order valence-corrected chi connectivity index (χ1v) is 6.20. The molecule has 0 aliphatic rings. The number of hydrogen-bond acceptors (Lipinski definition) is 3. The van der Waals surface area contributed by atoms with Gasteiger partial charge in [0.15, 0.2) is 0 Å². The van der Waals surface area contributed by atoms with E-state index in [4.69, 9.17) is 0 Å². The molecule has 2 rings (SSSR count). The summed E-state index contributed by atoms with van der Waals surface area (Å²) in [6.45, 7) is 1.77. The van der Waals surface area contributed by atoms with E-state index in [0.717, 1.165) is 11.3 Å². The Hall–Kier alpha value is -2.29. The SMILES string of the molecule is COC(=O)[C@@H](C)Nc1ccc(-c2ccccc2)cc1. The predicted molar refractivity (Wildman–Crippen MR) is 77.0 cm³/mol. The van der Waals surface area contributed by atoms with Crippen LogP contribution in [0.4, 0.5) is 5.69 Å². The molecule has 0 aromatic heterocycles. The van der Waals surface area contributed by atoms with Crippen LogP contribution in [0.2, 0.25) is 0 Å². The zero-order chi connectivity index (χ0) is 13.7. The predicted octanol–water partition coefficient (Wildman–Crippen LogP) is 3.33. The number of rotatable bonds is 4. The summed E-state index contributed by atoms with van der Waals surface area (Å²) < 4.78 is 4.68. The lowest BCUT2D eigenvalue weighted by Crippen LogP contribution is -2.27. The third-order valence-electron chi connectivity index (χ3n) is 2.93. The van der Waals surface area contributed by atoms with Gasteiger partial charge < -0.3 is 10.1 Å². The van der Waals surface area contributed by atoms with Crippen molar-refractivity contribution in [1.82, 2.24) is 0 Å². The first kappa shape index (κ1) is 13.1. The van der Waals surface area contributed by atoms with Crippen LogP contribution >= 0.6 is 0 Å². The number of methoxy groups -OCH3 is 1. The lowest BCUT2D eigenvalue weighted by Gasteiger charge is -2.13. The summed E-state index contributed by atoms with van der Waals surface area (Å²) in [4.78, 5) is 11.3. The van der Waals surface area contributed by atoms with Crippen LogP contribution in [0.1, 0.15) is 6.92 Å². The molecule has 3 heteroatoms. The first-order chi connectivity index (χ1) is 9.20. The van der Waals surface area contributed by atoms with Crippen molar-refractivity contribution in [2.24, 2.45) is 0 Å². The highest BCUT2D eigenvalue weighted by Gasteiger charge is 2.12. The molecule has 2 aromatic carbocycles. The highest BCUT2D eigenvalue weighted by molar-refractivity contribution is 5.79. The Morgan fingerprint density at radius 2 is 1.58 bits per heavy atom. The summed E-state index contributed by atoms with van der Waals surface area (Å²) >= 11 is 0. The minimum Gasteiger partial charge on any atom is -0.467 e. The average Bonchev–Trinajstić information content (AvgIpc) is 2.48. The van der Waals surface area contributed by atoms with Crippen molar-refractivity contribution >= 4 is 11.7 Å². The second kappa shape index (κ2) is 6.05. The first-order valence-electron chi connectivity index (χ1n) is 6.20. The van der Waals surface area contributed by atoms with E-state index in [2.05, 4.69) is 22.2 Å². The molecule has 2 aromatic rings. The number of carbonyl (C=O) groups excluding carboxylic acids is 1. The highest BCUT2D eigenvalue weighted by atomic mass is 16.5. The minimum absolute atomic E-state index is 0.271. The van der Waals surface area contributed by atoms with Crippen molar-refractivity contribution in [2.75, 3.05) is 12.4 Å². The van der Waals surface area contributed by atoms with Crippen molar-refractivity contribution in [3.63, 3.8) is 0 Å². The molecule has 0 aliphatic heterocycles. The van der Waals surface area contributed by atoms with Gasteiger partial charge in [0.2, 0.25) is 0 Å². The van der Waals surface area contributed by atoms with Crippen molar-refractivity contribution in [2.45, 2.75) is 13.0 Å². The third kappa shape index (κ3) is 3.35. The van der Waals surface area contributed by atoms with Crippen LogP contribution in [0.3, 0.4) is 0 Å². The van der Waals surface area contributed by atoms with E-state index < -0.39 is 0 Å². The zero-order valence-electron chi connectivity index (χ0n) is 11.1. The van der Waals surface area contributed by atoms with Crippen LogP contribution in [0, 0.1) is 0 Å². The molecule has 0 saturated heterocycles. The Balaban J connectivity index is 2.09. The van der Waals surface area contributed by atoms with E-state index >= 15 is 0 Å². The van der Waals surface area contributed by atoms with E-state index in [1.54, 1.807) is 6.92 Å². The Labute approximate surface area is 113 Å². The largest absolute Gasteiger partial charge is 0.467 e. The molecule has 98 valence electrons. The number of carbonyl (C=O) groups is 1. The van der Waals surface area contributed by atoms with Crippen LogP contribution in [-0.2, 0) is 9.53 Å². The fourth-order valence-electron chi connectivity index (χ4n) is 1.88. The van der Waals surface area contributed by atoms with Crippen LogP contribution in [0.15, 0.2) is 54.6 Å². The number of ether oxygens (including phenoxy) is 1. The van der Waals surface area contributed by atoms with Crippen LogP contribution in [0.5, 0.6) is 0 Å². The molecule has 0 heterocycles. The van der Waals surface area contributed by atoms with E-state index in [-0.39, 0.29) is 12.0 Å². The summed E-state index contributed by atoms with van der Waals surface area (Å²) in [6.07, 6.45) is 0. The van der Waals surface area contributed by atoms with Gasteiger partial charge in [-0.2, -0.15) is 0 Å². The molecule has 0 spiro atoms. The maximum Gasteiger partial charge on any atom is 0.327 e. The third-order valence-corrected chi connectivity index (χ3v) is 2.93. The highest BCUT2D eigenvalue weighted by Crippen LogP contribution is 2.21. The summed E-state index contributed by atoms with van der Waals surface area (Å²) in [6, 6.07) is 17.8. The summed E-state index contributed by atoms with van der Waals surface area (Å²) in [5, 5.41) is 3.10. The quantitative estimate of drug-likeness (QED) is 0.852. The second-order valence-electron chi connectivity index (χ2n) is 4.33. The molecule has 0 amide bonds. The van der Waals surface area contributed by atoms with Gasteiger partial charge in [0, 0.05) is 5.69 Å². The second-order valence-corrected chi connectivity index (χ2v) is 4.33. The number of benzene rings is 2. The molecule has 0 bridgehead atoms. The molecule has 0 aliphatic carbocycles. The Kier molecular flexibility index (Phi) is 4.18. The monoisotopic (exact) mass is 255 g/mol. The molecule has 0 saturated carbocycles. The zero-order valence-corrected chi connectivity index (χ0v) is 11.1. The van der Waals surface area contributed by atoms with Gasteiger partial charge in [0.25, 0.3) is 0 Å². The summed E-state index contributed by atoms with van der Waals surface area (Å²) in [5.74, 6) is -0.271. The molecule has 0 unspecified atom stereocenters. The van der Waals surface area contributed by atoms with E-state index in [9.17, 15) is 4.79 Å². The van der Waals surface area contributed by atoms with Gasteiger partial charge in [-0.1, -0.05) is 42.5 Å². The van der Waals surface area contributed by atoms with E-state index in [1.807, 2.05) is 42.5 Å². The lowest BCUT2D eigenvalue weighted by molar-refractivity contribution is -0.141. The fourth-order valence-corrected chi connectivity index (χ4v) is 1.88. The van der Waals surface area contributed by atoms with Gasteiger partial charge in [0.05, 0.1) is 7.11 Å². The van der Waals surface area contributed by atoms with Gasteiger partial charge in [-0.25, -0.2) is 4.79 Å².